The van der Waals surface area contributed by atoms with E-state index in [0.717, 1.165) is 0 Å². The highest BCUT2D eigenvalue weighted by molar-refractivity contribution is 5.90. The lowest BCUT2D eigenvalue weighted by Gasteiger charge is -2.13. The third-order valence-electron chi connectivity index (χ3n) is 2.49. The fraction of sp³-hybridized carbons (Fsp3) is 0.231. The molecule has 4 heteroatoms. The Bertz CT molecular complexity index is 474. The summed E-state index contributed by atoms with van der Waals surface area (Å²) in [5, 5.41) is 0. The number of hydrogen-bond donors (Lipinski definition) is 0. The minimum absolute atomic E-state index is 0.396. The van der Waals surface area contributed by atoms with Crippen molar-refractivity contribution in [3.8, 4) is 5.75 Å². The maximum Gasteiger partial charge on any atom is 0.334 e. The first-order valence-electron chi connectivity index (χ1n) is 5.24. The predicted molar refractivity (Wildman–Crippen MR) is 60.3 cm³/mol. The number of benzene rings is 1. The first-order valence-corrected chi connectivity index (χ1v) is 5.24. The summed E-state index contributed by atoms with van der Waals surface area (Å²) >= 11 is 0. The van der Waals surface area contributed by atoms with Gasteiger partial charge in [-0.3, -0.25) is 4.79 Å². The van der Waals surface area contributed by atoms with E-state index in [2.05, 4.69) is 6.58 Å². The van der Waals surface area contributed by atoms with E-state index in [9.17, 15) is 9.59 Å². The van der Waals surface area contributed by atoms with Crippen LogP contribution in [0.4, 0.5) is 0 Å². The van der Waals surface area contributed by atoms with Crippen LogP contribution in [0.2, 0.25) is 0 Å². The second kappa shape index (κ2) is 4.41. The molecule has 0 aliphatic carbocycles. The molecule has 1 aromatic rings. The summed E-state index contributed by atoms with van der Waals surface area (Å²) in [5.41, 5.74) is 1.13. The van der Waals surface area contributed by atoms with Crippen molar-refractivity contribution in [3.05, 3.63) is 42.0 Å². The molecule has 0 saturated carbocycles. The van der Waals surface area contributed by atoms with Crippen LogP contribution < -0.4 is 4.74 Å². The van der Waals surface area contributed by atoms with Crippen molar-refractivity contribution in [2.75, 3.05) is 0 Å². The number of ether oxygens (including phenoxy) is 2. The molecule has 1 heterocycles. The molecule has 1 fully saturated rings. The van der Waals surface area contributed by atoms with Crippen molar-refractivity contribution in [2.45, 2.75) is 19.4 Å². The lowest BCUT2D eigenvalue weighted by Crippen LogP contribution is -2.06. The summed E-state index contributed by atoms with van der Waals surface area (Å²) in [5.74, 6) is -0.374. The number of rotatable bonds is 2. The molecule has 1 saturated heterocycles. The largest absolute Gasteiger partial charge is 0.454 e. The minimum atomic E-state index is -0.412. The fourth-order valence-corrected chi connectivity index (χ4v) is 1.73. The van der Waals surface area contributed by atoms with Gasteiger partial charge in [-0.2, -0.15) is 0 Å². The molecule has 1 atom stereocenters. The molecule has 0 aromatic heterocycles. The van der Waals surface area contributed by atoms with Crippen LogP contribution in [0.1, 0.15) is 25.0 Å². The Morgan fingerprint density at radius 2 is 2.18 bits per heavy atom. The number of cyclic esters (lactones) is 1. The van der Waals surface area contributed by atoms with Crippen LogP contribution in [0.5, 0.6) is 5.75 Å². The number of para-hydroxylation sites is 1. The van der Waals surface area contributed by atoms with E-state index >= 15 is 0 Å². The van der Waals surface area contributed by atoms with E-state index in [4.69, 9.17) is 9.47 Å². The molecule has 1 aromatic carbocycles. The molecule has 1 unspecified atom stereocenters. The Morgan fingerprint density at radius 3 is 2.76 bits per heavy atom. The zero-order valence-electron chi connectivity index (χ0n) is 9.43. The van der Waals surface area contributed by atoms with Gasteiger partial charge in [0.2, 0.25) is 0 Å². The molecule has 2 rings (SSSR count). The summed E-state index contributed by atoms with van der Waals surface area (Å²) in [6.07, 6.45) is 0.0162. The van der Waals surface area contributed by atoms with E-state index in [-0.39, 0.29) is 0 Å². The monoisotopic (exact) mass is 232 g/mol. The van der Waals surface area contributed by atoms with E-state index in [1.807, 2.05) is 0 Å². The highest BCUT2D eigenvalue weighted by atomic mass is 16.6. The number of hydrogen-bond acceptors (Lipinski definition) is 4. The van der Waals surface area contributed by atoms with Crippen molar-refractivity contribution in [1.29, 1.82) is 0 Å². The Hall–Kier alpha value is -2.10. The standard InChI is InChI=1S/C13H12O4/c1-8-7-12(17-13(8)15)10-5-3-4-6-11(10)16-9(2)14/h3-6,12H,1,7H2,2H3. The SMILES string of the molecule is C=C1CC(c2ccccc2OC(C)=O)OC1=O. The maximum absolute atomic E-state index is 11.3. The lowest BCUT2D eigenvalue weighted by atomic mass is 10.0. The summed E-state index contributed by atoms with van der Waals surface area (Å²) < 4.78 is 10.2. The average Bonchev–Trinajstić information content (AvgIpc) is 2.59. The van der Waals surface area contributed by atoms with Gasteiger partial charge in [-0.25, -0.2) is 4.79 Å². The molecule has 17 heavy (non-hydrogen) atoms. The van der Waals surface area contributed by atoms with Gasteiger partial charge in [0.25, 0.3) is 0 Å². The second-order valence-electron chi connectivity index (χ2n) is 3.83. The van der Waals surface area contributed by atoms with Gasteiger partial charge in [-0.15, -0.1) is 0 Å². The van der Waals surface area contributed by atoms with Gasteiger partial charge in [-0.05, 0) is 6.07 Å². The quantitative estimate of drug-likeness (QED) is 0.445. The fourth-order valence-electron chi connectivity index (χ4n) is 1.73. The zero-order chi connectivity index (χ0) is 12.4. The molecule has 88 valence electrons. The molecule has 0 spiro atoms. The van der Waals surface area contributed by atoms with Crippen LogP contribution in [-0.4, -0.2) is 11.9 Å². The zero-order valence-corrected chi connectivity index (χ0v) is 9.43. The molecule has 0 radical (unpaired) electrons. The van der Waals surface area contributed by atoms with Gasteiger partial charge in [0.05, 0.1) is 0 Å². The second-order valence-corrected chi connectivity index (χ2v) is 3.83. The smallest absolute Gasteiger partial charge is 0.334 e. The Labute approximate surface area is 98.8 Å². The Kier molecular flexibility index (Phi) is 2.95. The highest BCUT2D eigenvalue weighted by Crippen LogP contribution is 2.36. The summed E-state index contributed by atoms with van der Waals surface area (Å²) in [4.78, 5) is 22.2. The Morgan fingerprint density at radius 1 is 1.47 bits per heavy atom. The van der Waals surface area contributed by atoms with E-state index < -0.39 is 18.0 Å². The number of esters is 2. The van der Waals surface area contributed by atoms with Crippen LogP contribution in [0, 0.1) is 0 Å². The van der Waals surface area contributed by atoms with Crippen molar-refractivity contribution >= 4 is 11.9 Å². The van der Waals surface area contributed by atoms with Gasteiger partial charge in [0.1, 0.15) is 11.9 Å². The predicted octanol–water partition coefficient (Wildman–Crippen LogP) is 2.16. The van der Waals surface area contributed by atoms with Crippen LogP contribution in [0.3, 0.4) is 0 Å². The lowest BCUT2D eigenvalue weighted by molar-refractivity contribution is -0.139. The topological polar surface area (TPSA) is 52.6 Å². The van der Waals surface area contributed by atoms with E-state index in [1.165, 1.54) is 6.92 Å². The van der Waals surface area contributed by atoms with Gasteiger partial charge in [0.15, 0.2) is 0 Å². The summed E-state index contributed by atoms with van der Waals surface area (Å²) in [6.45, 7) is 4.95. The average molecular weight is 232 g/mol. The molecule has 1 aliphatic heterocycles. The molecule has 1 aliphatic rings. The summed E-state index contributed by atoms with van der Waals surface area (Å²) in [7, 11) is 0. The third-order valence-corrected chi connectivity index (χ3v) is 2.49. The van der Waals surface area contributed by atoms with Gasteiger partial charge in [-0.1, -0.05) is 24.8 Å². The van der Waals surface area contributed by atoms with Gasteiger partial charge in [0, 0.05) is 24.5 Å². The highest BCUT2D eigenvalue weighted by Gasteiger charge is 2.30. The number of carbonyl (C=O) groups is 2. The van der Waals surface area contributed by atoms with Gasteiger partial charge >= 0.3 is 11.9 Å². The number of carbonyl (C=O) groups excluding carboxylic acids is 2. The summed E-state index contributed by atoms with van der Waals surface area (Å²) in [6, 6.07) is 7.01. The van der Waals surface area contributed by atoms with Crippen molar-refractivity contribution in [1.82, 2.24) is 0 Å². The van der Waals surface area contributed by atoms with Crippen molar-refractivity contribution in [3.63, 3.8) is 0 Å². The Balaban J connectivity index is 2.29. The third kappa shape index (κ3) is 2.36. The van der Waals surface area contributed by atoms with Crippen LogP contribution in [0.25, 0.3) is 0 Å². The maximum atomic E-state index is 11.3. The van der Waals surface area contributed by atoms with Crippen molar-refractivity contribution in [2.24, 2.45) is 0 Å². The molecular formula is C13H12O4. The minimum Gasteiger partial charge on any atom is -0.454 e. The molecule has 0 N–H and O–H groups in total. The van der Waals surface area contributed by atoms with E-state index in [1.54, 1.807) is 24.3 Å². The van der Waals surface area contributed by atoms with Crippen LogP contribution >= 0.6 is 0 Å². The normalized spacial score (nSPS) is 19.0. The first kappa shape index (κ1) is 11.4. The molecule has 4 nitrogen and oxygen atoms in total. The van der Waals surface area contributed by atoms with Gasteiger partial charge < -0.3 is 9.47 Å². The molecular weight excluding hydrogens is 220 g/mol. The molecule has 0 amide bonds. The van der Waals surface area contributed by atoms with Crippen molar-refractivity contribution < 1.29 is 19.1 Å². The van der Waals surface area contributed by atoms with Crippen LogP contribution in [-0.2, 0) is 14.3 Å². The first-order chi connectivity index (χ1) is 8.08. The molecule has 0 bridgehead atoms. The van der Waals surface area contributed by atoms with Crippen LogP contribution in [0.15, 0.2) is 36.4 Å². The van der Waals surface area contributed by atoms with E-state index in [0.29, 0.717) is 23.3 Å².